The Hall–Kier alpha value is -4.01. The first-order chi connectivity index (χ1) is 14.6. The quantitative estimate of drug-likeness (QED) is 0.508. The molecule has 1 amide bonds. The molecule has 0 saturated carbocycles. The number of rotatable bonds is 3. The topological polar surface area (TPSA) is 110 Å². The Kier molecular flexibility index (Phi) is 4.09. The van der Waals surface area contributed by atoms with Crippen molar-refractivity contribution in [3.8, 4) is 17.0 Å². The number of carbonyl (C=O) groups excluding carboxylic acids is 1. The van der Waals surface area contributed by atoms with Gasteiger partial charge in [0, 0.05) is 18.7 Å². The lowest BCUT2D eigenvalue weighted by Crippen LogP contribution is -2.36. The molecular formula is C21H17FN6O2. The van der Waals surface area contributed by atoms with Crippen LogP contribution in [-0.4, -0.2) is 42.7 Å². The predicted octanol–water partition coefficient (Wildman–Crippen LogP) is 2.48. The van der Waals surface area contributed by atoms with Crippen molar-refractivity contribution in [1.82, 2.24) is 24.6 Å². The predicted molar refractivity (Wildman–Crippen MR) is 108 cm³/mol. The van der Waals surface area contributed by atoms with Gasteiger partial charge in [0.2, 0.25) is 6.41 Å². The second kappa shape index (κ2) is 6.80. The van der Waals surface area contributed by atoms with Crippen LogP contribution in [0.5, 0.6) is 5.75 Å². The number of aromatic nitrogens is 4. The van der Waals surface area contributed by atoms with E-state index in [4.69, 9.17) is 10.8 Å². The number of nitrogen functional groups attached to an aromatic ring is 1. The molecule has 0 radical (unpaired) electrons. The maximum atomic E-state index is 13.6. The van der Waals surface area contributed by atoms with Crippen LogP contribution >= 0.6 is 0 Å². The summed E-state index contributed by atoms with van der Waals surface area (Å²) in [6, 6.07) is 11.5. The van der Waals surface area contributed by atoms with E-state index in [0.717, 1.165) is 17.5 Å². The summed E-state index contributed by atoms with van der Waals surface area (Å²) in [4.78, 5) is 21.7. The van der Waals surface area contributed by atoms with Gasteiger partial charge >= 0.3 is 0 Å². The number of aromatic hydroxyl groups is 1. The van der Waals surface area contributed by atoms with Crippen LogP contribution in [0.3, 0.4) is 0 Å². The van der Waals surface area contributed by atoms with E-state index in [0.29, 0.717) is 35.4 Å². The first-order valence-electron chi connectivity index (χ1n) is 9.31. The van der Waals surface area contributed by atoms with Crippen molar-refractivity contribution in [2.45, 2.75) is 12.6 Å². The van der Waals surface area contributed by atoms with E-state index in [1.54, 1.807) is 9.58 Å². The minimum atomic E-state index is -0.727. The molecule has 3 N–H and O–H groups in total. The van der Waals surface area contributed by atoms with E-state index in [-0.39, 0.29) is 11.9 Å². The fourth-order valence-corrected chi connectivity index (χ4v) is 3.97. The number of anilines is 1. The Morgan fingerprint density at radius 2 is 2.03 bits per heavy atom. The minimum Gasteiger partial charge on any atom is -0.505 e. The molecule has 0 aliphatic carbocycles. The first kappa shape index (κ1) is 18.0. The number of hydrogen-bond donors (Lipinski definition) is 2. The van der Waals surface area contributed by atoms with E-state index in [2.05, 4.69) is 9.97 Å². The molecule has 30 heavy (non-hydrogen) atoms. The molecule has 0 saturated heterocycles. The molecule has 0 fully saturated rings. The van der Waals surface area contributed by atoms with Gasteiger partial charge in [-0.15, -0.1) is 0 Å². The Bertz CT molecular complexity index is 1290. The van der Waals surface area contributed by atoms with Crippen molar-refractivity contribution >= 4 is 23.3 Å². The maximum absolute atomic E-state index is 13.6. The number of phenols is 1. The van der Waals surface area contributed by atoms with Gasteiger partial charge in [-0.05, 0) is 29.3 Å². The lowest BCUT2D eigenvalue weighted by atomic mass is 9.96. The molecule has 150 valence electrons. The zero-order valence-electron chi connectivity index (χ0n) is 15.7. The molecule has 2 aromatic carbocycles. The average Bonchev–Trinajstić information content (AvgIpc) is 3.15. The smallest absolute Gasteiger partial charge is 0.210 e. The number of amides is 1. The fourth-order valence-electron chi connectivity index (χ4n) is 3.97. The fraction of sp³-hybridized carbons (Fsp3) is 0.143. The monoisotopic (exact) mass is 404 g/mol. The summed E-state index contributed by atoms with van der Waals surface area (Å²) in [5, 5.41) is 15.1. The van der Waals surface area contributed by atoms with Crippen molar-refractivity contribution < 1.29 is 14.3 Å². The van der Waals surface area contributed by atoms with Crippen molar-refractivity contribution in [1.29, 1.82) is 0 Å². The molecule has 1 aliphatic rings. The SMILES string of the molecule is Nc1ncnc2c1c(-c1ccc(F)c(O)c1)nn2C1CN(C=O)Cc2ccccc21. The van der Waals surface area contributed by atoms with Crippen LogP contribution in [-0.2, 0) is 11.3 Å². The van der Waals surface area contributed by atoms with Crippen LogP contribution in [0.1, 0.15) is 17.2 Å². The molecule has 5 rings (SSSR count). The third kappa shape index (κ3) is 2.74. The van der Waals surface area contributed by atoms with Crippen LogP contribution < -0.4 is 5.73 Å². The average molecular weight is 404 g/mol. The second-order valence-electron chi connectivity index (χ2n) is 7.17. The molecule has 1 unspecified atom stereocenters. The first-order valence-corrected chi connectivity index (χ1v) is 9.31. The molecule has 1 aliphatic heterocycles. The lowest BCUT2D eigenvalue weighted by molar-refractivity contribution is -0.119. The molecule has 0 bridgehead atoms. The minimum absolute atomic E-state index is 0.224. The molecule has 8 nitrogen and oxygen atoms in total. The zero-order chi connectivity index (χ0) is 20.8. The number of halogens is 1. The molecule has 0 spiro atoms. The van der Waals surface area contributed by atoms with Gasteiger partial charge in [0.25, 0.3) is 0 Å². The van der Waals surface area contributed by atoms with Gasteiger partial charge in [0.05, 0.1) is 11.4 Å². The number of nitrogens with two attached hydrogens (primary N) is 1. The van der Waals surface area contributed by atoms with Gasteiger partial charge < -0.3 is 15.7 Å². The summed E-state index contributed by atoms with van der Waals surface area (Å²) >= 11 is 0. The Morgan fingerprint density at radius 1 is 1.20 bits per heavy atom. The summed E-state index contributed by atoms with van der Waals surface area (Å²) < 4.78 is 15.3. The summed E-state index contributed by atoms with van der Waals surface area (Å²) in [7, 11) is 0. The van der Waals surface area contributed by atoms with Crippen LogP contribution in [0.15, 0.2) is 48.8 Å². The van der Waals surface area contributed by atoms with Gasteiger partial charge in [-0.2, -0.15) is 5.10 Å². The Morgan fingerprint density at radius 3 is 2.83 bits per heavy atom. The zero-order valence-corrected chi connectivity index (χ0v) is 15.7. The van der Waals surface area contributed by atoms with Crippen molar-refractivity contribution in [2.75, 3.05) is 12.3 Å². The number of phenolic OH excluding ortho intramolecular Hbond substituents is 1. The summed E-state index contributed by atoms with van der Waals surface area (Å²) in [6.07, 6.45) is 2.17. The lowest BCUT2D eigenvalue weighted by Gasteiger charge is -2.32. The van der Waals surface area contributed by atoms with Crippen molar-refractivity contribution in [3.05, 3.63) is 65.7 Å². The standard InChI is InChI=1S/C21H17FN6O2/c22-15-6-5-12(7-17(15)30)19-18-20(23)24-10-25-21(18)28(26-19)16-9-27(11-29)8-13-3-1-2-4-14(13)16/h1-7,10-11,16,30H,8-9H2,(H2,23,24,25). The highest BCUT2D eigenvalue weighted by molar-refractivity contribution is 5.98. The third-order valence-corrected chi connectivity index (χ3v) is 5.38. The van der Waals surface area contributed by atoms with E-state index in [9.17, 15) is 14.3 Å². The van der Waals surface area contributed by atoms with Crippen molar-refractivity contribution in [3.63, 3.8) is 0 Å². The molecule has 1 atom stereocenters. The highest BCUT2D eigenvalue weighted by atomic mass is 19.1. The summed E-state index contributed by atoms with van der Waals surface area (Å²) in [6.45, 7) is 0.931. The summed E-state index contributed by atoms with van der Waals surface area (Å²) in [5.41, 5.74) is 9.61. The highest BCUT2D eigenvalue weighted by Crippen LogP contribution is 2.36. The number of fused-ring (bicyclic) bond motifs is 2. The normalized spacial score (nSPS) is 15.9. The number of benzene rings is 2. The van der Waals surface area contributed by atoms with E-state index < -0.39 is 11.6 Å². The largest absolute Gasteiger partial charge is 0.505 e. The number of hydrogen-bond acceptors (Lipinski definition) is 6. The number of carbonyl (C=O) groups is 1. The van der Waals surface area contributed by atoms with Gasteiger partial charge in [0.15, 0.2) is 17.2 Å². The van der Waals surface area contributed by atoms with Gasteiger partial charge in [-0.1, -0.05) is 24.3 Å². The van der Waals surface area contributed by atoms with Crippen LogP contribution in [0.4, 0.5) is 10.2 Å². The molecule has 4 aromatic rings. The molecule has 9 heteroatoms. The second-order valence-corrected chi connectivity index (χ2v) is 7.17. The van der Waals surface area contributed by atoms with Crippen LogP contribution in [0.2, 0.25) is 0 Å². The van der Waals surface area contributed by atoms with Crippen molar-refractivity contribution in [2.24, 2.45) is 0 Å². The van der Waals surface area contributed by atoms with E-state index >= 15 is 0 Å². The highest BCUT2D eigenvalue weighted by Gasteiger charge is 2.30. The Labute approximate surface area is 170 Å². The molecular weight excluding hydrogens is 387 g/mol. The van der Waals surface area contributed by atoms with Gasteiger partial charge in [0.1, 0.15) is 17.8 Å². The third-order valence-electron chi connectivity index (χ3n) is 5.38. The van der Waals surface area contributed by atoms with Gasteiger partial charge in [-0.3, -0.25) is 4.79 Å². The number of nitrogens with zero attached hydrogens (tertiary/aromatic N) is 5. The summed E-state index contributed by atoms with van der Waals surface area (Å²) in [5.74, 6) is -0.989. The van der Waals surface area contributed by atoms with Crippen LogP contribution in [0.25, 0.3) is 22.3 Å². The maximum Gasteiger partial charge on any atom is 0.210 e. The van der Waals surface area contributed by atoms with Gasteiger partial charge in [-0.25, -0.2) is 19.0 Å². The van der Waals surface area contributed by atoms with Crippen LogP contribution in [0, 0.1) is 5.82 Å². The van der Waals surface area contributed by atoms with E-state index in [1.165, 1.54) is 24.5 Å². The van der Waals surface area contributed by atoms with E-state index in [1.807, 2.05) is 24.3 Å². The Balaban J connectivity index is 1.76. The molecule has 3 heterocycles. The molecule has 2 aromatic heterocycles.